The summed E-state index contributed by atoms with van der Waals surface area (Å²) < 4.78 is 40.6. The molecule has 0 N–H and O–H groups in total. The highest BCUT2D eigenvalue weighted by Gasteiger charge is 2.20. The quantitative estimate of drug-likeness (QED) is 0.618. The summed E-state index contributed by atoms with van der Waals surface area (Å²) in [6.45, 7) is 6.24. The zero-order valence-electron chi connectivity index (χ0n) is 15.6. The van der Waals surface area contributed by atoms with Gasteiger partial charge in [-0.15, -0.1) is 0 Å². The number of benzene rings is 2. The van der Waals surface area contributed by atoms with Crippen molar-refractivity contribution >= 4 is 10.1 Å². The first-order valence-electron chi connectivity index (χ1n) is 8.52. The van der Waals surface area contributed by atoms with Crippen molar-refractivity contribution in [2.75, 3.05) is 13.7 Å². The fraction of sp³-hybridized carbons (Fsp3) is 0.400. The predicted octanol–water partition coefficient (Wildman–Crippen LogP) is 3.95. The third-order valence-electron chi connectivity index (χ3n) is 4.27. The number of hydrogen-bond donors (Lipinski definition) is 0. The largest absolute Gasteiger partial charge is 0.497 e. The minimum Gasteiger partial charge on any atom is -0.497 e. The third-order valence-corrected chi connectivity index (χ3v) is 5.56. The Bertz CT molecular complexity index is 782. The van der Waals surface area contributed by atoms with Gasteiger partial charge in [0, 0.05) is 5.92 Å². The Kier molecular flexibility index (Phi) is 7.20. The monoisotopic (exact) mass is 378 g/mol. The Morgan fingerprint density at radius 2 is 1.58 bits per heavy atom. The van der Waals surface area contributed by atoms with Crippen molar-refractivity contribution in [3.63, 3.8) is 0 Å². The van der Waals surface area contributed by atoms with E-state index in [1.54, 1.807) is 31.4 Å². The summed E-state index contributed by atoms with van der Waals surface area (Å²) in [5.74, 6) is 0.721. The van der Waals surface area contributed by atoms with Crippen LogP contribution in [0.2, 0.25) is 0 Å². The van der Waals surface area contributed by atoms with Gasteiger partial charge in [-0.25, -0.2) is 0 Å². The van der Waals surface area contributed by atoms with Crippen LogP contribution >= 0.6 is 0 Å². The van der Waals surface area contributed by atoms with Crippen LogP contribution in [0.5, 0.6) is 5.75 Å². The lowest BCUT2D eigenvalue weighted by Crippen LogP contribution is -2.24. The first-order valence-corrected chi connectivity index (χ1v) is 9.93. The molecule has 0 unspecified atom stereocenters. The fourth-order valence-corrected chi connectivity index (χ4v) is 3.22. The van der Waals surface area contributed by atoms with Crippen molar-refractivity contribution in [3.05, 3.63) is 59.7 Å². The summed E-state index contributed by atoms with van der Waals surface area (Å²) in [6, 6.07) is 14.2. The molecule has 0 amide bonds. The maximum Gasteiger partial charge on any atom is 0.296 e. The van der Waals surface area contributed by atoms with Crippen LogP contribution in [-0.2, 0) is 25.6 Å². The summed E-state index contributed by atoms with van der Waals surface area (Å²) in [4.78, 5) is 0.169. The van der Waals surface area contributed by atoms with Crippen LogP contribution in [0.1, 0.15) is 25.0 Å². The van der Waals surface area contributed by atoms with Gasteiger partial charge in [0.15, 0.2) is 0 Å². The van der Waals surface area contributed by atoms with E-state index in [0.717, 1.165) is 16.9 Å². The Morgan fingerprint density at radius 1 is 0.962 bits per heavy atom. The first kappa shape index (κ1) is 20.4. The SMILES string of the molecule is COc1ccc(CO[C@H](C)[C@@H](C)COS(=O)(=O)c2ccc(C)cc2)cc1. The van der Waals surface area contributed by atoms with E-state index in [1.165, 1.54) is 0 Å². The second-order valence-corrected chi connectivity index (χ2v) is 8.01. The molecule has 0 saturated heterocycles. The van der Waals surface area contributed by atoms with E-state index in [9.17, 15) is 8.42 Å². The van der Waals surface area contributed by atoms with Crippen molar-refractivity contribution in [1.29, 1.82) is 0 Å². The van der Waals surface area contributed by atoms with E-state index >= 15 is 0 Å². The lowest BCUT2D eigenvalue weighted by Gasteiger charge is -2.20. The van der Waals surface area contributed by atoms with Crippen molar-refractivity contribution in [1.82, 2.24) is 0 Å². The molecule has 0 saturated carbocycles. The zero-order chi connectivity index (χ0) is 19.2. The molecule has 2 rings (SSSR count). The molecule has 142 valence electrons. The molecule has 2 aromatic carbocycles. The maximum atomic E-state index is 12.2. The number of aryl methyl sites for hydroxylation is 1. The second-order valence-electron chi connectivity index (χ2n) is 6.39. The predicted molar refractivity (Wildman–Crippen MR) is 101 cm³/mol. The topological polar surface area (TPSA) is 61.8 Å². The van der Waals surface area contributed by atoms with E-state index < -0.39 is 10.1 Å². The Hall–Kier alpha value is -1.89. The smallest absolute Gasteiger partial charge is 0.296 e. The summed E-state index contributed by atoms with van der Waals surface area (Å²) in [5, 5.41) is 0. The van der Waals surface area contributed by atoms with Gasteiger partial charge in [0.05, 0.1) is 31.3 Å². The Balaban J connectivity index is 1.84. The van der Waals surface area contributed by atoms with Gasteiger partial charge in [-0.2, -0.15) is 8.42 Å². The van der Waals surface area contributed by atoms with Crippen LogP contribution in [0.25, 0.3) is 0 Å². The van der Waals surface area contributed by atoms with Crippen LogP contribution in [0, 0.1) is 12.8 Å². The highest BCUT2D eigenvalue weighted by Crippen LogP contribution is 2.18. The van der Waals surface area contributed by atoms with Gasteiger partial charge in [-0.05, 0) is 43.7 Å². The lowest BCUT2D eigenvalue weighted by molar-refractivity contribution is 0.00570. The first-order chi connectivity index (χ1) is 12.3. The molecule has 0 fully saturated rings. The molecule has 0 aliphatic heterocycles. The number of ether oxygens (including phenoxy) is 2. The molecular weight excluding hydrogens is 352 g/mol. The third kappa shape index (κ3) is 5.83. The van der Waals surface area contributed by atoms with Crippen molar-refractivity contribution in [2.45, 2.75) is 38.4 Å². The van der Waals surface area contributed by atoms with E-state index in [1.807, 2.05) is 45.0 Å². The highest BCUT2D eigenvalue weighted by molar-refractivity contribution is 7.86. The molecule has 0 aliphatic rings. The maximum absolute atomic E-state index is 12.2. The molecule has 2 atom stereocenters. The van der Waals surface area contributed by atoms with Gasteiger partial charge in [0.2, 0.25) is 0 Å². The average molecular weight is 378 g/mol. The molecule has 6 heteroatoms. The van der Waals surface area contributed by atoms with E-state index in [-0.39, 0.29) is 23.5 Å². The van der Waals surface area contributed by atoms with Crippen LogP contribution in [0.3, 0.4) is 0 Å². The summed E-state index contributed by atoms with van der Waals surface area (Å²) in [5.41, 5.74) is 2.02. The molecule has 0 radical (unpaired) electrons. The minimum absolute atomic E-state index is 0.0694. The van der Waals surface area contributed by atoms with Crippen LogP contribution in [-0.4, -0.2) is 28.2 Å². The summed E-state index contributed by atoms with van der Waals surface area (Å²) >= 11 is 0. The van der Waals surface area contributed by atoms with E-state index in [2.05, 4.69) is 0 Å². The Labute approximate surface area is 156 Å². The van der Waals surface area contributed by atoms with Gasteiger partial charge < -0.3 is 9.47 Å². The molecular formula is C20H26O5S. The highest BCUT2D eigenvalue weighted by atomic mass is 32.2. The molecule has 0 aromatic heterocycles. The molecule has 0 bridgehead atoms. The van der Waals surface area contributed by atoms with Gasteiger partial charge in [-0.3, -0.25) is 4.18 Å². The number of methoxy groups -OCH3 is 1. The van der Waals surface area contributed by atoms with Crippen molar-refractivity contribution in [2.24, 2.45) is 5.92 Å². The van der Waals surface area contributed by atoms with Crippen LogP contribution in [0.15, 0.2) is 53.4 Å². The fourth-order valence-electron chi connectivity index (χ4n) is 2.22. The van der Waals surface area contributed by atoms with Crippen LogP contribution < -0.4 is 4.74 Å². The van der Waals surface area contributed by atoms with Crippen molar-refractivity contribution in [3.8, 4) is 5.75 Å². The van der Waals surface area contributed by atoms with Crippen LogP contribution in [0.4, 0.5) is 0 Å². The standard InChI is InChI=1S/C20H26O5S/c1-15-5-11-20(12-6-15)26(21,22)25-13-16(2)17(3)24-14-18-7-9-19(23-4)10-8-18/h5-12,16-17H,13-14H2,1-4H3/t16-,17+/m0/s1. The molecule has 0 spiro atoms. The van der Waals surface area contributed by atoms with Gasteiger partial charge in [0.25, 0.3) is 10.1 Å². The minimum atomic E-state index is -3.75. The molecule has 26 heavy (non-hydrogen) atoms. The van der Waals surface area contributed by atoms with E-state index in [4.69, 9.17) is 13.7 Å². The normalized spacial score (nSPS) is 14.0. The molecule has 2 aromatic rings. The molecule has 0 aliphatic carbocycles. The zero-order valence-corrected chi connectivity index (χ0v) is 16.5. The average Bonchev–Trinajstić information content (AvgIpc) is 2.65. The van der Waals surface area contributed by atoms with Crippen molar-refractivity contribution < 1.29 is 22.1 Å². The summed E-state index contributed by atoms with van der Waals surface area (Å²) in [7, 11) is -2.12. The Morgan fingerprint density at radius 3 is 2.15 bits per heavy atom. The number of hydrogen-bond acceptors (Lipinski definition) is 5. The van der Waals surface area contributed by atoms with Gasteiger partial charge >= 0.3 is 0 Å². The molecule has 0 heterocycles. The summed E-state index contributed by atoms with van der Waals surface area (Å²) in [6.07, 6.45) is -0.148. The van der Waals surface area contributed by atoms with Gasteiger partial charge in [0.1, 0.15) is 5.75 Å². The lowest BCUT2D eigenvalue weighted by atomic mass is 10.1. The van der Waals surface area contributed by atoms with E-state index in [0.29, 0.717) is 6.61 Å². The number of rotatable bonds is 9. The molecule has 5 nitrogen and oxygen atoms in total. The van der Waals surface area contributed by atoms with Gasteiger partial charge in [-0.1, -0.05) is 36.8 Å². The second kappa shape index (κ2) is 9.16.